The van der Waals surface area contributed by atoms with E-state index in [1.165, 1.54) is 16.8 Å². The molecule has 0 fully saturated rings. The minimum atomic E-state index is 0.294. The van der Waals surface area contributed by atoms with Gasteiger partial charge in [0, 0.05) is 17.6 Å². The Morgan fingerprint density at radius 1 is 1.05 bits per heavy atom. The van der Waals surface area contributed by atoms with Crippen molar-refractivity contribution < 1.29 is 0 Å². The summed E-state index contributed by atoms with van der Waals surface area (Å²) < 4.78 is 0. The van der Waals surface area contributed by atoms with E-state index in [0.29, 0.717) is 6.85 Å². The molecule has 0 saturated heterocycles. The van der Waals surface area contributed by atoms with Crippen molar-refractivity contribution >= 4 is 18.6 Å². The Morgan fingerprint density at radius 3 is 2.70 bits per heavy atom. The zero-order chi connectivity index (χ0) is 13.8. The van der Waals surface area contributed by atoms with E-state index < -0.39 is 0 Å². The van der Waals surface area contributed by atoms with Crippen molar-refractivity contribution in [1.82, 2.24) is 0 Å². The number of nitrogens with one attached hydrogen (secondary N) is 1. The molecule has 3 rings (SSSR count). The van der Waals surface area contributed by atoms with Crippen molar-refractivity contribution in [3.05, 3.63) is 71.2 Å². The lowest BCUT2D eigenvalue weighted by Crippen LogP contribution is -2.24. The number of hydrogen-bond acceptors (Lipinski definition) is 1. The largest absolute Gasteiger partial charge is 0.423 e. The van der Waals surface area contributed by atoms with E-state index in [2.05, 4.69) is 84.6 Å². The van der Waals surface area contributed by atoms with E-state index >= 15 is 0 Å². The summed E-state index contributed by atoms with van der Waals surface area (Å²) in [4.78, 5) is 0. The Bertz CT molecular complexity index is 689. The Kier molecular flexibility index (Phi) is 3.61. The van der Waals surface area contributed by atoms with Gasteiger partial charge in [0.25, 0.3) is 6.85 Å². The van der Waals surface area contributed by atoms with Gasteiger partial charge in [-0.15, -0.1) is 5.92 Å². The van der Waals surface area contributed by atoms with E-state index in [4.69, 9.17) is 0 Å². The van der Waals surface area contributed by atoms with Gasteiger partial charge in [-0.25, -0.2) is 0 Å². The van der Waals surface area contributed by atoms with Crippen LogP contribution in [0, 0.1) is 18.8 Å². The van der Waals surface area contributed by atoms with Crippen LogP contribution in [-0.4, -0.2) is 6.85 Å². The Hall–Kier alpha value is -2.40. The van der Waals surface area contributed by atoms with E-state index in [-0.39, 0.29) is 0 Å². The normalized spacial score (nSPS) is 12.2. The molecule has 0 aliphatic carbocycles. The molecule has 2 aromatic rings. The fourth-order valence-electron chi connectivity index (χ4n) is 2.26. The average molecular weight is 257 g/mol. The molecule has 0 atom stereocenters. The van der Waals surface area contributed by atoms with Gasteiger partial charge in [0.2, 0.25) is 0 Å². The van der Waals surface area contributed by atoms with E-state index in [0.717, 1.165) is 11.9 Å². The zero-order valence-corrected chi connectivity index (χ0v) is 11.6. The van der Waals surface area contributed by atoms with Crippen LogP contribution in [0.1, 0.15) is 16.7 Å². The van der Waals surface area contributed by atoms with Crippen LogP contribution in [0.15, 0.2) is 54.5 Å². The van der Waals surface area contributed by atoms with Gasteiger partial charge in [0.05, 0.1) is 0 Å². The van der Waals surface area contributed by atoms with Crippen molar-refractivity contribution in [3.63, 3.8) is 0 Å². The first-order valence-electron chi connectivity index (χ1n) is 6.90. The summed E-state index contributed by atoms with van der Waals surface area (Å²) in [6.45, 7) is 2.38. The molecule has 0 spiro atoms. The highest BCUT2D eigenvalue weighted by atomic mass is 14.8. The Labute approximate surface area is 120 Å². The summed E-state index contributed by atoms with van der Waals surface area (Å²) in [5.41, 5.74) is 4.78. The van der Waals surface area contributed by atoms with Crippen molar-refractivity contribution in [3.8, 4) is 11.8 Å². The number of anilines is 1. The molecule has 1 nitrogen and oxygen atoms in total. The molecule has 0 saturated carbocycles. The third-order valence-corrected chi connectivity index (χ3v) is 3.42. The minimum Gasteiger partial charge on any atom is -0.423 e. The highest BCUT2D eigenvalue weighted by molar-refractivity contribution is 6.69. The number of benzene rings is 2. The van der Waals surface area contributed by atoms with Crippen LogP contribution in [0.25, 0.3) is 6.08 Å². The molecular weight excluding hydrogens is 241 g/mol. The van der Waals surface area contributed by atoms with Gasteiger partial charge >= 0.3 is 0 Å². The molecule has 96 valence electrons. The molecular formula is C18H16BN. The van der Waals surface area contributed by atoms with E-state index in [1.54, 1.807) is 0 Å². The van der Waals surface area contributed by atoms with Crippen LogP contribution >= 0.6 is 0 Å². The predicted molar refractivity (Wildman–Crippen MR) is 87.7 cm³/mol. The first-order chi connectivity index (χ1) is 9.81. The lowest BCUT2D eigenvalue weighted by atomic mass is 9.57. The summed E-state index contributed by atoms with van der Waals surface area (Å²) >= 11 is 0. The van der Waals surface area contributed by atoms with E-state index in [1.807, 2.05) is 0 Å². The van der Waals surface area contributed by atoms with Gasteiger partial charge in [0.1, 0.15) is 0 Å². The molecule has 0 unspecified atom stereocenters. The average Bonchev–Trinajstić information content (AvgIpc) is 2.49. The summed E-state index contributed by atoms with van der Waals surface area (Å²) in [5.74, 6) is 8.66. The SMILES string of the molecule is Cc1ccc(C#CCB2C=Cc3ccccc3N2)cc1. The standard InChI is InChI=1S/C18H16BN/c1-15-8-10-16(11-9-15)5-4-13-19-14-12-17-6-2-3-7-18(17)20-19/h2-3,6-12,14,20H,13H2,1H3. The zero-order valence-electron chi connectivity index (χ0n) is 11.6. The van der Waals surface area contributed by atoms with Crippen LogP contribution in [-0.2, 0) is 0 Å². The molecule has 1 heterocycles. The topological polar surface area (TPSA) is 12.0 Å². The van der Waals surface area contributed by atoms with Gasteiger partial charge in [-0.05, 0) is 30.7 Å². The van der Waals surface area contributed by atoms with Crippen molar-refractivity contribution in [2.45, 2.75) is 13.2 Å². The van der Waals surface area contributed by atoms with Crippen LogP contribution in [0.4, 0.5) is 5.69 Å². The molecule has 0 bridgehead atoms. The highest BCUT2D eigenvalue weighted by Gasteiger charge is 2.14. The number of fused-ring (bicyclic) bond motifs is 1. The smallest absolute Gasteiger partial charge is 0.291 e. The Morgan fingerprint density at radius 2 is 1.85 bits per heavy atom. The number of aryl methyl sites for hydroxylation is 1. The molecule has 0 radical (unpaired) electrons. The number of hydrogen-bond donors (Lipinski definition) is 1. The molecule has 0 aromatic heterocycles. The van der Waals surface area contributed by atoms with Gasteiger partial charge < -0.3 is 5.23 Å². The lowest BCUT2D eigenvalue weighted by molar-refractivity contribution is 1.46. The number of para-hydroxylation sites is 1. The van der Waals surface area contributed by atoms with Gasteiger partial charge in [0.15, 0.2) is 0 Å². The number of rotatable bonds is 1. The van der Waals surface area contributed by atoms with Crippen LogP contribution in [0.5, 0.6) is 0 Å². The second-order valence-corrected chi connectivity index (χ2v) is 5.07. The van der Waals surface area contributed by atoms with Gasteiger partial charge in [-0.3, -0.25) is 0 Å². The fraction of sp³-hybridized carbons (Fsp3) is 0.111. The Balaban J connectivity index is 1.65. The summed E-state index contributed by atoms with van der Waals surface area (Å²) in [6.07, 6.45) is 2.99. The summed E-state index contributed by atoms with van der Waals surface area (Å²) in [7, 11) is 0. The first kappa shape index (κ1) is 12.6. The van der Waals surface area contributed by atoms with E-state index in [9.17, 15) is 0 Å². The molecule has 20 heavy (non-hydrogen) atoms. The molecule has 1 aliphatic rings. The maximum absolute atomic E-state index is 3.50. The minimum absolute atomic E-state index is 0.294. The fourth-order valence-corrected chi connectivity index (χ4v) is 2.26. The first-order valence-corrected chi connectivity index (χ1v) is 6.90. The van der Waals surface area contributed by atoms with Gasteiger partial charge in [-0.1, -0.05) is 53.9 Å². The van der Waals surface area contributed by atoms with Gasteiger partial charge in [-0.2, -0.15) is 0 Å². The molecule has 1 aliphatic heterocycles. The summed E-state index contributed by atoms with van der Waals surface area (Å²) in [5, 5.41) is 3.50. The lowest BCUT2D eigenvalue weighted by Gasteiger charge is -2.17. The predicted octanol–water partition coefficient (Wildman–Crippen LogP) is 4.02. The molecule has 2 aromatic carbocycles. The third kappa shape index (κ3) is 2.95. The molecule has 1 N–H and O–H groups in total. The van der Waals surface area contributed by atoms with Crippen molar-refractivity contribution in [2.75, 3.05) is 5.23 Å². The van der Waals surface area contributed by atoms with Crippen LogP contribution in [0.3, 0.4) is 0 Å². The third-order valence-electron chi connectivity index (χ3n) is 3.42. The second kappa shape index (κ2) is 5.71. The highest BCUT2D eigenvalue weighted by Crippen LogP contribution is 2.21. The monoisotopic (exact) mass is 257 g/mol. The van der Waals surface area contributed by atoms with Crippen molar-refractivity contribution in [1.29, 1.82) is 0 Å². The van der Waals surface area contributed by atoms with Crippen molar-refractivity contribution in [2.24, 2.45) is 0 Å². The summed E-state index contributed by atoms with van der Waals surface area (Å²) in [6, 6.07) is 16.7. The van der Waals surface area contributed by atoms with Crippen LogP contribution in [0.2, 0.25) is 6.32 Å². The maximum Gasteiger partial charge on any atom is 0.291 e. The van der Waals surface area contributed by atoms with Crippen LogP contribution < -0.4 is 5.23 Å². The molecule has 2 heteroatoms. The maximum atomic E-state index is 3.50. The second-order valence-electron chi connectivity index (χ2n) is 5.07. The molecule has 0 amide bonds. The quantitative estimate of drug-likeness (QED) is 0.601.